The molecule has 0 atom stereocenters. The standard InChI is InChI=1S/C13H10Cl2F3NO2/c1-5-9(15)8-10(19-12(5)13(16,17)18)7(20-2)4-6(14)11(8)21-3/h4H,1-3H3. The maximum atomic E-state index is 13.0. The Labute approximate surface area is 128 Å². The van der Waals surface area contributed by atoms with Crippen molar-refractivity contribution in [3.05, 3.63) is 27.4 Å². The zero-order chi connectivity index (χ0) is 15.9. The summed E-state index contributed by atoms with van der Waals surface area (Å²) in [6.45, 7) is 1.24. The lowest BCUT2D eigenvalue weighted by Crippen LogP contribution is -2.11. The quantitative estimate of drug-likeness (QED) is 0.780. The molecule has 2 aromatic rings. The van der Waals surface area contributed by atoms with Crippen molar-refractivity contribution in [1.82, 2.24) is 4.98 Å². The third-order valence-corrected chi connectivity index (χ3v) is 3.75. The number of alkyl halides is 3. The van der Waals surface area contributed by atoms with E-state index in [2.05, 4.69) is 4.98 Å². The average Bonchev–Trinajstić information content (AvgIpc) is 2.40. The Bertz CT molecular complexity index is 717. The summed E-state index contributed by atoms with van der Waals surface area (Å²) in [4.78, 5) is 3.65. The van der Waals surface area contributed by atoms with Crippen molar-refractivity contribution in [2.24, 2.45) is 0 Å². The lowest BCUT2D eigenvalue weighted by Gasteiger charge is -2.17. The summed E-state index contributed by atoms with van der Waals surface area (Å²) in [6.07, 6.45) is -4.63. The van der Waals surface area contributed by atoms with Gasteiger partial charge in [0.1, 0.15) is 22.7 Å². The molecule has 0 aliphatic heterocycles. The van der Waals surface area contributed by atoms with Crippen LogP contribution in [0.15, 0.2) is 6.07 Å². The van der Waals surface area contributed by atoms with E-state index in [0.29, 0.717) is 0 Å². The number of nitrogens with zero attached hydrogens (tertiary/aromatic N) is 1. The van der Waals surface area contributed by atoms with Gasteiger partial charge in [0.25, 0.3) is 0 Å². The summed E-state index contributed by atoms with van der Waals surface area (Å²) in [7, 11) is 2.65. The van der Waals surface area contributed by atoms with E-state index >= 15 is 0 Å². The molecule has 0 saturated carbocycles. The number of benzene rings is 1. The molecule has 0 unspecified atom stereocenters. The first-order valence-electron chi connectivity index (χ1n) is 5.69. The maximum Gasteiger partial charge on any atom is 0.433 e. The number of pyridine rings is 1. The van der Waals surface area contributed by atoms with Gasteiger partial charge in [0.2, 0.25) is 0 Å². The Morgan fingerprint density at radius 1 is 1.14 bits per heavy atom. The number of rotatable bonds is 2. The number of hydrogen-bond acceptors (Lipinski definition) is 3. The second kappa shape index (κ2) is 5.42. The van der Waals surface area contributed by atoms with Crippen LogP contribution in [-0.2, 0) is 6.18 Å². The highest BCUT2D eigenvalue weighted by molar-refractivity contribution is 6.39. The molecule has 1 aromatic carbocycles. The molecule has 114 valence electrons. The molecule has 1 aromatic heterocycles. The Morgan fingerprint density at radius 2 is 1.76 bits per heavy atom. The molecule has 0 saturated heterocycles. The fourth-order valence-corrected chi connectivity index (χ4v) is 2.57. The van der Waals surface area contributed by atoms with Gasteiger partial charge in [-0.3, -0.25) is 0 Å². The summed E-state index contributed by atoms with van der Waals surface area (Å²) < 4.78 is 49.3. The van der Waals surface area contributed by atoms with Crippen molar-refractivity contribution in [3.8, 4) is 11.5 Å². The number of fused-ring (bicyclic) bond motifs is 1. The lowest BCUT2D eigenvalue weighted by atomic mass is 10.1. The molecule has 8 heteroatoms. The van der Waals surface area contributed by atoms with Gasteiger partial charge >= 0.3 is 6.18 Å². The molecular weight excluding hydrogens is 330 g/mol. The normalized spacial score (nSPS) is 11.8. The van der Waals surface area contributed by atoms with Crippen LogP contribution >= 0.6 is 23.2 Å². The molecule has 0 aliphatic carbocycles. The Kier molecular flexibility index (Phi) is 4.13. The van der Waals surface area contributed by atoms with Gasteiger partial charge in [0.15, 0.2) is 0 Å². The SMILES string of the molecule is COc1cc(Cl)c(OC)c2c(Cl)c(C)c(C(F)(F)F)nc12. The van der Waals surface area contributed by atoms with Crippen LogP contribution in [0.2, 0.25) is 10.0 Å². The molecular formula is C13H10Cl2F3NO2. The zero-order valence-electron chi connectivity index (χ0n) is 11.2. The van der Waals surface area contributed by atoms with Gasteiger partial charge in [-0.15, -0.1) is 0 Å². The maximum absolute atomic E-state index is 13.0. The van der Waals surface area contributed by atoms with Crippen molar-refractivity contribution in [3.63, 3.8) is 0 Å². The predicted molar refractivity (Wildman–Crippen MR) is 74.6 cm³/mol. The summed E-state index contributed by atoms with van der Waals surface area (Å²) in [5.74, 6) is 0.241. The molecule has 2 rings (SSSR count). The minimum Gasteiger partial charge on any atom is -0.494 e. The van der Waals surface area contributed by atoms with Crippen LogP contribution in [-0.4, -0.2) is 19.2 Å². The third-order valence-electron chi connectivity index (χ3n) is 2.99. The van der Waals surface area contributed by atoms with Crippen LogP contribution in [0.4, 0.5) is 13.2 Å². The number of methoxy groups -OCH3 is 2. The highest BCUT2D eigenvalue weighted by atomic mass is 35.5. The van der Waals surface area contributed by atoms with E-state index in [4.69, 9.17) is 32.7 Å². The van der Waals surface area contributed by atoms with Gasteiger partial charge in [-0.05, 0) is 12.5 Å². The first kappa shape index (κ1) is 16.0. The molecule has 0 radical (unpaired) electrons. The van der Waals surface area contributed by atoms with Crippen molar-refractivity contribution in [2.75, 3.05) is 14.2 Å². The van der Waals surface area contributed by atoms with Gasteiger partial charge < -0.3 is 9.47 Å². The van der Waals surface area contributed by atoms with Crippen molar-refractivity contribution in [1.29, 1.82) is 0 Å². The van der Waals surface area contributed by atoms with Gasteiger partial charge in [-0.1, -0.05) is 23.2 Å². The number of hydrogen-bond donors (Lipinski definition) is 0. The molecule has 1 heterocycles. The zero-order valence-corrected chi connectivity index (χ0v) is 12.7. The monoisotopic (exact) mass is 339 g/mol. The molecule has 3 nitrogen and oxygen atoms in total. The van der Waals surface area contributed by atoms with Crippen molar-refractivity contribution >= 4 is 34.1 Å². The Balaban J connectivity index is 3.02. The molecule has 0 bridgehead atoms. The van der Waals surface area contributed by atoms with Crippen LogP contribution < -0.4 is 9.47 Å². The Hall–Kier alpha value is -1.40. The van der Waals surface area contributed by atoms with Crippen molar-refractivity contribution in [2.45, 2.75) is 13.1 Å². The van der Waals surface area contributed by atoms with E-state index in [1.54, 1.807) is 0 Å². The minimum absolute atomic E-state index is 0.0540. The summed E-state index contributed by atoms with van der Waals surface area (Å²) >= 11 is 12.1. The van der Waals surface area contributed by atoms with E-state index in [0.717, 1.165) is 0 Å². The fraction of sp³-hybridized carbons (Fsp3) is 0.308. The average molecular weight is 340 g/mol. The highest BCUT2D eigenvalue weighted by Crippen LogP contribution is 2.45. The van der Waals surface area contributed by atoms with Crippen LogP contribution in [0.5, 0.6) is 11.5 Å². The number of ether oxygens (including phenoxy) is 2. The molecule has 0 spiro atoms. The third kappa shape index (κ3) is 2.58. The minimum atomic E-state index is -4.63. The lowest BCUT2D eigenvalue weighted by molar-refractivity contribution is -0.141. The van der Waals surface area contributed by atoms with Gasteiger partial charge in [0.05, 0.1) is 29.7 Å². The summed E-state index contributed by atoms with van der Waals surface area (Å²) in [6, 6.07) is 1.33. The van der Waals surface area contributed by atoms with Crippen LogP contribution in [0.25, 0.3) is 10.9 Å². The van der Waals surface area contributed by atoms with Crippen LogP contribution in [0.1, 0.15) is 11.3 Å². The van der Waals surface area contributed by atoms with Gasteiger partial charge in [0, 0.05) is 6.07 Å². The Morgan fingerprint density at radius 3 is 2.24 bits per heavy atom. The largest absolute Gasteiger partial charge is 0.494 e. The second-order valence-electron chi connectivity index (χ2n) is 4.21. The second-order valence-corrected chi connectivity index (χ2v) is 5.00. The van der Waals surface area contributed by atoms with E-state index in [-0.39, 0.29) is 38.0 Å². The van der Waals surface area contributed by atoms with E-state index in [9.17, 15) is 13.2 Å². The smallest absolute Gasteiger partial charge is 0.433 e. The van der Waals surface area contributed by atoms with Gasteiger partial charge in [-0.25, -0.2) is 4.98 Å². The highest BCUT2D eigenvalue weighted by Gasteiger charge is 2.37. The topological polar surface area (TPSA) is 31.4 Å². The fourth-order valence-electron chi connectivity index (χ4n) is 2.03. The number of halogens is 5. The predicted octanol–water partition coefficient (Wildman–Crippen LogP) is 4.89. The van der Waals surface area contributed by atoms with E-state index in [1.807, 2.05) is 0 Å². The summed E-state index contributed by atoms with van der Waals surface area (Å²) in [5, 5.41) is 0.240. The molecule has 21 heavy (non-hydrogen) atoms. The molecule has 0 fully saturated rings. The van der Waals surface area contributed by atoms with E-state index in [1.165, 1.54) is 27.2 Å². The first-order valence-corrected chi connectivity index (χ1v) is 6.45. The van der Waals surface area contributed by atoms with Crippen LogP contribution in [0.3, 0.4) is 0 Å². The van der Waals surface area contributed by atoms with Crippen molar-refractivity contribution < 1.29 is 22.6 Å². The van der Waals surface area contributed by atoms with E-state index < -0.39 is 11.9 Å². The molecule has 0 N–H and O–H groups in total. The first-order chi connectivity index (χ1) is 9.72. The molecule has 0 aliphatic rings. The molecule has 0 amide bonds. The van der Waals surface area contributed by atoms with Crippen LogP contribution in [0, 0.1) is 6.92 Å². The number of aromatic nitrogens is 1. The summed E-state index contributed by atoms with van der Waals surface area (Å²) in [5.41, 5.74) is -1.32. The van der Waals surface area contributed by atoms with Gasteiger partial charge in [-0.2, -0.15) is 13.2 Å².